The average Bonchev–Trinajstić information content (AvgIpc) is 2.81. The fourth-order valence-corrected chi connectivity index (χ4v) is 2.64. The molecular weight excluding hydrogens is 282 g/mol. The minimum Gasteiger partial charge on any atom is -0.367 e. The van der Waals surface area contributed by atoms with E-state index < -0.39 is 10.0 Å². The molecule has 2 N–H and O–H groups in total. The smallest absolute Gasteiger partial charge is 0.208 e. The van der Waals surface area contributed by atoms with Gasteiger partial charge in [0.25, 0.3) is 0 Å². The van der Waals surface area contributed by atoms with Gasteiger partial charge < -0.3 is 4.74 Å². The first-order chi connectivity index (χ1) is 9.44. The van der Waals surface area contributed by atoms with Crippen molar-refractivity contribution in [3.05, 3.63) is 11.6 Å². The van der Waals surface area contributed by atoms with Gasteiger partial charge in [-0.25, -0.2) is 18.1 Å². The van der Waals surface area contributed by atoms with Crippen molar-refractivity contribution >= 4 is 10.0 Å². The number of rotatable bonds is 6. The normalized spacial score (nSPS) is 21.2. The third kappa shape index (κ3) is 4.82. The largest absolute Gasteiger partial charge is 0.367 e. The van der Waals surface area contributed by atoms with Crippen LogP contribution in [0.15, 0.2) is 0 Å². The molecule has 1 aliphatic heterocycles. The summed E-state index contributed by atoms with van der Waals surface area (Å²) in [6, 6.07) is 0. The summed E-state index contributed by atoms with van der Waals surface area (Å²) in [6.07, 6.45) is 1.83. The minimum atomic E-state index is -3.10. The Labute approximate surface area is 119 Å². The summed E-state index contributed by atoms with van der Waals surface area (Å²) in [5.41, 5.74) is 0. The molecule has 0 aliphatic carbocycles. The molecule has 0 radical (unpaired) electrons. The van der Waals surface area contributed by atoms with Crippen LogP contribution in [-0.2, 0) is 14.8 Å². The van der Waals surface area contributed by atoms with Gasteiger partial charge in [0.1, 0.15) is 11.9 Å². The van der Waals surface area contributed by atoms with E-state index in [0.29, 0.717) is 19.0 Å². The summed E-state index contributed by atoms with van der Waals surface area (Å²) in [5, 5.41) is 6.94. The fraction of sp³-hybridized carbons (Fsp3) is 0.818. The maximum absolute atomic E-state index is 11.0. The van der Waals surface area contributed by atoms with E-state index in [0.717, 1.165) is 31.9 Å². The monoisotopic (exact) mass is 303 g/mol. The van der Waals surface area contributed by atoms with Crippen LogP contribution in [0.4, 0.5) is 0 Å². The lowest BCUT2D eigenvalue weighted by Crippen LogP contribution is -2.40. The molecule has 1 atom stereocenters. The number of nitrogens with one attached hydrogen (secondary N) is 2. The summed E-state index contributed by atoms with van der Waals surface area (Å²) in [7, 11) is -3.10. The Morgan fingerprint density at radius 3 is 3.00 bits per heavy atom. The Balaban J connectivity index is 1.76. The Morgan fingerprint density at radius 2 is 2.35 bits per heavy atom. The summed E-state index contributed by atoms with van der Waals surface area (Å²) >= 11 is 0. The highest BCUT2D eigenvalue weighted by atomic mass is 32.2. The topological polar surface area (TPSA) is 100 Å². The fourth-order valence-electron chi connectivity index (χ4n) is 2.13. The lowest BCUT2D eigenvalue weighted by molar-refractivity contribution is -0.0342. The van der Waals surface area contributed by atoms with Crippen molar-refractivity contribution in [1.29, 1.82) is 0 Å². The highest BCUT2D eigenvalue weighted by molar-refractivity contribution is 7.88. The van der Waals surface area contributed by atoms with E-state index in [-0.39, 0.29) is 6.10 Å². The zero-order chi connectivity index (χ0) is 14.6. The molecule has 1 saturated heterocycles. The molecule has 0 amide bonds. The summed E-state index contributed by atoms with van der Waals surface area (Å²) in [6.45, 7) is 5.35. The van der Waals surface area contributed by atoms with Gasteiger partial charge in [-0.1, -0.05) is 0 Å². The van der Waals surface area contributed by atoms with Crippen molar-refractivity contribution < 1.29 is 13.2 Å². The van der Waals surface area contributed by atoms with E-state index in [1.54, 1.807) is 0 Å². The van der Waals surface area contributed by atoms with Gasteiger partial charge in [-0.3, -0.25) is 10.00 Å². The van der Waals surface area contributed by atoms with Crippen LogP contribution in [0, 0.1) is 6.92 Å². The van der Waals surface area contributed by atoms with Crippen LogP contribution in [0.25, 0.3) is 0 Å². The first-order valence-electron chi connectivity index (χ1n) is 6.61. The third-order valence-corrected chi connectivity index (χ3v) is 3.80. The van der Waals surface area contributed by atoms with E-state index in [2.05, 4.69) is 24.8 Å². The van der Waals surface area contributed by atoms with E-state index in [1.165, 1.54) is 6.26 Å². The molecular formula is C11H21N5O3S. The summed E-state index contributed by atoms with van der Waals surface area (Å²) in [4.78, 5) is 6.53. The van der Waals surface area contributed by atoms with Crippen LogP contribution in [0.2, 0.25) is 0 Å². The zero-order valence-corrected chi connectivity index (χ0v) is 12.6. The highest BCUT2D eigenvalue weighted by Crippen LogP contribution is 2.18. The van der Waals surface area contributed by atoms with Crippen molar-refractivity contribution in [3.63, 3.8) is 0 Å². The number of aryl methyl sites for hydroxylation is 1. The molecule has 0 spiro atoms. The van der Waals surface area contributed by atoms with Gasteiger partial charge in [-0.2, -0.15) is 5.10 Å². The first-order valence-corrected chi connectivity index (χ1v) is 8.51. The number of aromatic amines is 1. The number of H-pyrrole nitrogens is 1. The minimum absolute atomic E-state index is 0.114. The second-order valence-corrected chi connectivity index (χ2v) is 6.79. The molecule has 1 aliphatic rings. The molecule has 2 rings (SSSR count). The van der Waals surface area contributed by atoms with E-state index in [4.69, 9.17) is 4.74 Å². The van der Waals surface area contributed by atoms with E-state index in [1.807, 2.05) is 6.92 Å². The second-order valence-electron chi connectivity index (χ2n) is 4.96. The van der Waals surface area contributed by atoms with Gasteiger partial charge in [0.2, 0.25) is 10.0 Å². The number of sulfonamides is 1. The zero-order valence-electron chi connectivity index (χ0n) is 11.8. The summed E-state index contributed by atoms with van der Waals surface area (Å²) in [5.74, 6) is 1.46. The van der Waals surface area contributed by atoms with Crippen LogP contribution in [0.5, 0.6) is 0 Å². The third-order valence-electron chi connectivity index (χ3n) is 3.07. The van der Waals surface area contributed by atoms with Crippen LogP contribution in [0.1, 0.15) is 24.2 Å². The molecule has 0 aromatic carbocycles. The number of hydrogen-bond donors (Lipinski definition) is 2. The molecule has 0 saturated carbocycles. The van der Waals surface area contributed by atoms with Gasteiger partial charge in [0.15, 0.2) is 5.82 Å². The molecule has 1 fully saturated rings. The molecule has 1 aromatic rings. The molecule has 1 aromatic heterocycles. The maximum Gasteiger partial charge on any atom is 0.208 e. The Morgan fingerprint density at radius 1 is 1.55 bits per heavy atom. The lowest BCUT2D eigenvalue weighted by atomic mass is 10.2. The molecule has 8 nitrogen and oxygen atoms in total. The molecule has 9 heteroatoms. The van der Waals surface area contributed by atoms with Crippen molar-refractivity contribution in [1.82, 2.24) is 24.8 Å². The molecule has 0 bridgehead atoms. The Bertz CT molecular complexity index is 530. The SMILES string of the molecule is Cc1nc([C@H]2CN(CCCNS(C)(=O)=O)CCO2)n[nH]1. The summed E-state index contributed by atoms with van der Waals surface area (Å²) < 4.78 is 30.1. The maximum atomic E-state index is 11.0. The van der Waals surface area contributed by atoms with Crippen molar-refractivity contribution in [2.45, 2.75) is 19.4 Å². The predicted molar refractivity (Wildman–Crippen MR) is 73.7 cm³/mol. The van der Waals surface area contributed by atoms with Gasteiger partial charge in [-0.15, -0.1) is 0 Å². The van der Waals surface area contributed by atoms with E-state index >= 15 is 0 Å². The van der Waals surface area contributed by atoms with Gasteiger partial charge in [0, 0.05) is 19.6 Å². The highest BCUT2D eigenvalue weighted by Gasteiger charge is 2.24. The quantitative estimate of drug-likeness (QED) is 0.682. The van der Waals surface area contributed by atoms with Crippen LogP contribution >= 0.6 is 0 Å². The number of hydrogen-bond acceptors (Lipinski definition) is 6. The van der Waals surface area contributed by atoms with E-state index in [9.17, 15) is 8.42 Å². The van der Waals surface area contributed by atoms with Crippen LogP contribution in [-0.4, -0.2) is 67.5 Å². The van der Waals surface area contributed by atoms with Crippen LogP contribution < -0.4 is 4.72 Å². The van der Waals surface area contributed by atoms with Crippen molar-refractivity contribution in [2.75, 3.05) is 39.0 Å². The van der Waals surface area contributed by atoms with Crippen LogP contribution in [0.3, 0.4) is 0 Å². The number of nitrogens with zero attached hydrogens (tertiary/aromatic N) is 3. The Hall–Kier alpha value is -1.03. The van der Waals surface area contributed by atoms with Gasteiger partial charge in [-0.05, 0) is 19.9 Å². The van der Waals surface area contributed by atoms with Crippen molar-refractivity contribution in [3.8, 4) is 0 Å². The lowest BCUT2D eigenvalue weighted by Gasteiger charge is -2.31. The predicted octanol–water partition coefficient (Wildman–Crippen LogP) is -0.574. The standard InChI is InChI=1S/C11H21N5O3S/c1-9-13-11(15-14-9)10-8-16(6-7-19-10)5-3-4-12-20(2,17)18/h10,12H,3-8H2,1-2H3,(H,13,14,15)/t10-/m1/s1. The second kappa shape index (κ2) is 6.61. The number of morpholine rings is 1. The molecule has 2 heterocycles. The first kappa shape index (κ1) is 15.4. The number of aromatic nitrogens is 3. The number of ether oxygens (including phenoxy) is 1. The molecule has 0 unspecified atom stereocenters. The van der Waals surface area contributed by atoms with Crippen molar-refractivity contribution in [2.24, 2.45) is 0 Å². The van der Waals surface area contributed by atoms with Gasteiger partial charge >= 0.3 is 0 Å². The Kier molecular flexibility index (Phi) is 5.08. The molecule has 114 valence electrons. The van der Waals surface area contributed by atoms with Gasteiger partial charge in [0.05, 0.1) is 12.9 Å². The average molecular weight is 303 g/mol. The molecule has 20 heavy (non-hydrogen) atoms.